The van der Waals surface area contributed by atoms with Crippen molar-refractivity contribution >= 4 is 50.8 Å². The zero-order valence-electron chi connectivity index (χ0n) is 25.3. The highest BCUT2D eigenvalue weighted by Crippen LogP contribution is 2.43. The van der Waals surface area contributed by atoms with Crippen LogP contribution in [0, 0.1) is 0 Å². The van der Waals surface area contributed by atoms with Crippen molar-refractivity contribution in [2.24, 2.45) is 4.99 Å². The van der Waals surface area contributed by atoms with E-state index in [2.05, 4.69) is 63.0 Å². The molecule has 0 saturated heterocycles. The first-order valence-electron chi connectivity index (χ1n) is 15.0. The number of para-hydroxylation sites is 2. The van der Waals surface area contributed by atoms with E-state index >= 15 is 0 Å². The molecule has 0 radical (unpaired) electrons. The molecule has 0 unspecified atom stereocenters. The van der Waals surface area contributed by atoms with E-state index in [4.69, 9.17) is 9.41 Å². The summed E-state index contributed by atoms with van der Waals surface area (Å²) in [5, 5.41) is 4.93. The minimum atomic E-state index is -4.51. The molecule has 6 nitrogen and oxygen atoms in total. The molecular weight excluding hydrogens is 601 g/mol. The lowest BCUT2D eigenvalue weighted by Crippen LogP contribution is -2.05. The van der Waals surface area contributed by atoms with Gasteiger partial charge in [0, 0.05) is 44.8 Å². The van der Waals surface area contributed by atoms with Gasteiger partial charge in [-0.15, -0.1) is 12.6 Å². The average molecular weight is 635 g/mol. The summed E-state index contributed by atoms with van der Waals surface area (Å²) in [5.74, 6) is 0.539. The molecule has 2 aliphatic rings. The number of nitrogens with zero attached hydrogens (tertiary/aromatic N) is 1. The van der Waals surface area contributed by atoms with Crippen LogP contribution < -0.4 is 10.7 Å². The molecule has 0 bridgehead atoms. The van der Waals surface area contributed by atoms with Crippen molar-refractivity contribution in [2.45, 2.75) is 49.8 Å². The summed E-state index contributed by atoms with van der Waals surface area (Å²) in [5.41, 5.74) is 8.41. The topological polar surface area (TPSA) is 91.9 Å². The highest BCUT2D eigenvalue weighted by molar-refractivity contribution is 7.86. The second-order valence-corrected chi connectivity index (χ2v) is 12.7. The van der Waals surface area contributed by atoms with Gasteiger partial charge in [0.1, 0.15) is 16.2 Å². The standard InChI is InChI=1S/C37H34N2O4S2/c1-4-23-11-9-12-24(5-2)36(23)38-26-17-19-28-31(21-26)43-32-22-27(39-37-25(6-3)13-10-15-33(37)44)18-20-29(32)35(28)30-14-7-8-16-34(30)45(40,41)42/h7-22,39,44H,4-6H2,1-3H3,(H,40,41,42). The number of hydrogen-bond acceptors (Lipinski definition) is 6. The first-order valence-corrected chi connectivity index (χ1v) is 16.9. The smallest absolute Gasteiger partial charge is 0.295 e. The number of fused-ring (bicyclic) bond motifs is 2. The van der Waals surface area contributed by atoms with Crippen molar-refractivity contribution in [3.8, 4) is 22.5 Å². The van der Waals surface area contributed by atoms with Crippen molar-refractivity contribution in [1.82, 2.24) is 0 Å². The molecular formula is C37H34N2O4S2. The van der Waals surface area contributed by atoms with Gasteiger partial charge in [0.05, 0.1) is 16.7 Å². The molecule has 4 aromatic rings. The van der Waals surface area contributed by atoms with Crippen molar-refractivity contribution in [1.29, 1.82) is 0 Å². The molecule has 0 atom stereocenters. The van der Waals surface area contributed by atoms with Gasteiger partial charge in [0.15, 0.2) is 0 Å². The zero-order valence-corrected chi connectivity index (χ0v) is 27.0. The third kappa shape index (κ3) is 6.01. The molecule has 6 rings (SSSR count). The molecule has 4 aromatic carbocycles. The minimum absolute atomic E-state index is 0.171. The number of benzene rings is 5. The minimum Gasteiger partial charge on any atom is -0.456 e. The van der Waals surface area contributed by atoms with Crippen LogP contribution in [0.3, 0.4) is 0 Å². The fraction of sp³-hybridized carbons (Fsp3) is 0.162. The molecule has 2 N–H and O–H groups in total. The molecule has 1 aliphatic carbocycles. The van der Waals surface area contributed by atoms with Crippen LogP contribution in [-0.4, -0.2) is 13.0 Å². The van der Waals surface area contributed by atoms with Crippen LogP contribution in [0.4, 0.5) is 17.1 Å². The SMILES string of the molecule is CCc1cccc(CC)c1N=c1ccc2c(-c3ccccc3S(=O)(=O)O)c3ccc(Nc4c(S)cccc4CC)cc3oc-2c1. The van der Waals surface area contributed by atoms with Crippen LogP contribution in [0.5, 0.6) is 0 Å². The van der Waals surface area contributed by atoms with E-state index in [0.29, 0.717) is 33.4 Å². The normalized spacial score (nSPS) is 12.2. The average Bonchev–Trinajstić information content (AvgIpc) is 3.04. The van der Waals surface area contributed by atoms with Gasteiger partial charge in [0.2, 0.25) is 0 Å². The summed E-state index contributed by atoms with van der Waals surface area (Å²) in [6, 6.07) is 30.2. The fourth-order valence-corrected chi connectivity index (χ4v) is 6.86. The summed E-state index contributed by atoms with van der Waals surface area (Å²) in [6.45, 7) is 6.34. The van der Waals surface area contributed by atoms with Gasteiger partial charge in [-0.2, -0.15) is 8.42 Å². The molecule has 8 heteroatoms. The molecule has 0 spiro atoms. The van der Waals surface area contributed by atoms with Crippen LogP contribution in [0.15, 0.2) is 116 Å². The number of hydrogen-bond donors (Lipinski definition) is 3. The maximum Gasteiger partial charge on any atom is 0.295 e. The van der Waals surface area contributed by atoms with E-state index in [-0.39, 0.29) is 4.90 Å². The first-order chi connectivity index (χ1) is 21.7. The van der Waals surface area contributed by atoms with Gasteiger partial charge in [-0.1, -0.05) is 69.3 Å². The van der Waals surface area contributed by atoms with Crippen molar-refractivity contribution < 1.29 is 17.4 Å². The largest absolute Gasteiger partial charge is 0.456 e. The molecule has 228 valence electrons. The predicted molar refractivity (Wildman–Crippen MR) is 185 cm³/mol. The van der Waals surface area contributed by atoms with Crippen molar-refractivity contribution in [3.05, 3.63) is 119 Å². The molecule has 0 aromatic heterocycles. The number of rotatable bonds is 8. The van der Waals surface area contributed by atoms with Crippen LogP contribution in [0.2, 0.25) is 0 Å². The Morgan fingerprint density at radius 1 is 0.778 bits per heavy atom. The number of anilines is 2. The third-order valence-corrected chi connectivity index (χ3v) is 9.41. The van der Waals surface area contributed by atoms with Gasteiger partial charge < -0.3 is 9.73 Å². The Bertz CT molecular complexity index is 2180. The van der Waals surface area contributed by atoms with E-state index in [9.17, 15) is 13.0 Å². The maximum atomic E-state index is 12.5. The molecule has 0 fully saturated rings. The van der Waals surface area contributed by atoms with E-state index in [1.54, 1.807) is 18.2 Å². The van der Waals surface area contributed by atoms with E-state index < -0.39 is 10.1 Å². The molecule has 1 aliphatic heterocycles. The summed E-state index contributed by atoms with van der Waals surface area (Å²) in [7, 11) is -4.51. The fourth-order valence-electron chi connectivity index (χ4n) is 5.87. The van der Waals surface area contributed by atoms with E-state index in [1.807, 2.05) is 48.5 Å². The summed E-state index contributed by atoms with van der Waals surface area (Å²) >= 11 is 4.68. The lowest BCUT2D eigenvalue weighted by atomic mass is 9.93. The first kappa shape index (κ1) is 30.6. The van der Waals surface area contributed by atoms with Crippen LogP contribution in [-0.2, 0) is 29.4 Å². The maximum absolute atomic E-state index is 12.5. The number of nitrogens with one attached hydrogen (secondary N) is 1. The van der Waals surface area contributed by atoms with E-state index in [0.717, 1.165) is 52.1 Å². The summed E-state index contributed by atoms with van der Waals surface area (Å²) in [6.07, 6.45) is 2.55. The molecule has 1 heterocycles. The Morgan fingerprint density at radius 2 is 1.47 bits per heavy atom. The van der Waals surface area contributed by atoms with Crippen LogP contribution in [0.25, 0.3) is 33.4 Å². The Morgan fingerprint density at radius 3 is 2.18 bits per heavy atom. The molecule has 45 heavy (non-hydrogen) atoms. The summed E-state index contributed by atoms with van der Waals surface area (Å²) in [4.78, 5) is 5.72. The Labute approximate surface area is 269 Å². The van der Waals surface area contributed by atoms with Crippen molar-refractivity contribution in [2.75, 3.05) is 5.32 Å². The lowest BCUT2D eigenvalue weighted by Gasteiger charge is -2.18. The number of thiol groups is 1. The van der Waals surface area contributed by atoms with Gasteiger partial charge in [-0.05, 0) is 72.4 Å². The Balaban J connectivity index is 1.63. The lowest BCUT2D eigenvalue weighted by molar-refractivity contribution is 0.483. The third-order valence-electron chi connectivity index (χ3n) is 8.12. The van der Waals surface area contributed by atoms with Gasteiger partial charge in [0.25, 0.3) is 10.1 Å². The second kappa shape index (κ2) is 12.6. The van der Waals surface area contributed by atoms with Crippen molar-refractivity contribution in [3.63, 3.8) is 0 Å². The molecule has 0 saturated carbocycles. The predicted octanol–water partition coefficient (Wildman–Crippen LogP) is 9.40. The summed E-state index contributed by atoms with van der Waals surface area (Å²) < 4.78 is 41.8. The van der Waals surface area contributed by atoms with E-state index in [1.165, 1.54) is 17.2 Å². The highest BCUT2D eigenvalue weighted by Gasteiger charge is 2.23. The second-order valence-electron chi connectivity index (χ2n) is 10.9. The van der Waals surface area contributed by atoms with Crippen LogP contribution >= 0.6 is 12.6 Å². The zero-order chi connectivity index (χ0) is 31.7. The van der Waals surface area contributed by atoms with Gasteiger partial charge in [-0.3, -0.25) is 4.55 Å². The Hall–Kier alpha value is -4.37. The highest BCUT2D eigenvalue weighted by atomic mass is 32.2. The quantitative estimate of drug-likeness (QED) is 0.0881. The van der Waals surface area contributed by atoms with Gasteiger partial charge in [-0.25, -0.2) is 4.99 Å². The van der Waals surface area contributed by atoms with Crippen LogP contribution in [0.1, 0.15) is 37.5 Å². The monoisotopic (exact) mass is 634 g/mol. The number of aryl methyl sites for hydroxylation is 3. The van der Waals surface area contributed by atoms with Gasteiger partial charge >= 0.3 is 0 Å². The molecule has 0 amide bonds. The Kier molecular flexibility index (Phi) is 8.55.